The predicted octanol–water partition coefficient (Wildman–Crippen LogP) is 2.47. The molecular weight excluding hydrogens is 232 g/mol. The Morgan fingerprint density at radius 1 is 1.23 bits per heavy atom. The van der Waals surface area contributed by atoms with E-state index in [1.165, 1.54) is 5.56 Å². The lowest BCUT2D eigenvalue weighted by Gasteiger charge is -2.02. The highest BCUT2D eigenvalue weighted by Crippen LogP contribution is 2.24. The zero-order valence-electron chi connectivity index (χ0n) is 7.33. The molecule has 0 bridgehead atoms. The van der Waals surface area contributed by atoms with Gasteiger partial charge in [0.25, 0.3) is 0 Å². The van der Waals surface area contributed by atoms with E-state index in [4.69, 9.17) is 5.11 Å². The number of unbranched alkanes of at least 4 members (excludes halogenated alkanes) is 1. The Bertz CT molecular complexity index is 274. The zero-order chi connectivity index (χ0) is 9.68. The van der Waals surface area contributed by atoms with Crippen molar-refractivity contribution in [3.63, 3.8) is 0 Å². The quantitative estimate of drug-likeness (QED) is 0.800. The zero-order valence-corrected chi connectivity index (χ0v) is 8.92. The van der Waals surface area contributed by atoms with Gasteiger partial charge < -0.3 is 10.2 Å². The summed E-state index contributed by atoms with van der Waals surface area (Å²) in [6, 6.07) is 5.49. The molecule has 1 rings (SSSR count). The van der Waals surface area contributed by atoms with Crippen LogP contribution in [0.3, 0.4) is 0 Å². The molecule has 0 aliphatic carbocycles. The van der Waals surface area contributed by atoms with Crippen molar-refractivity contribution in [3.05, 3.63) is 28.2 Å². The summed E-state index contributed by atoms with van der Waals surface area (Å²) in [6.45, 7) is 0.249. The molecule has 0 fully saturated rings. The van der Waals surface area contributed by atoms with Gasteiger partial charge in [-0.1, -0.05) is 6.07 Å². The maximum Gasteiger partial charge on any atom is 0.129 e. The molecule has 0 saturated heterocycles. The molecule has 0 aromatic heterocycles. The Balaban J connectivity index is 2.53. The SMILES string of the molecule is OCCCCc1ccc(O)c(Br)c1. The van der Waals surface area contributed by atoms with E-state index in [0.29, 0.717) is 0 Å². The van der Waals surface area contributed by atoms with Gasteiger partial charge in [0.2, 0.25) is 0 Å². The standard InChI is InChI=1S/C10H13BrO2/c11-9-7-8(3-1-2-6-12)4-5-10(9)13/h4-5,7,12-13H,1-3,6H2. The number of aliphatic hydroxyl groups excluding tert-OH is 1. The van der Waals surface area contributed by atoms with Gasteiger partial charge >= 0.3 is 0 Å². The lowest BCUT2D eigenvalue weighted by molar-refractivity contribution is 0.284. The second-order valence-corrected chi connectivity index (χ2v) is 3.82. The van der Waals surface area contributed by atoms with E-state index in [0.717, 1.165) is 23.7 Å². The maximum absolute atomic E-state index is 9.23. The summed E-state index contributed by atoms with van der Waals surface area (Å²) in [7, 11) is 0. The first-order valence-corrected chi connectivity index (χ1v) is 5.11. The molecule has 72 valence electrons. The molecule has 0 amide bonds. The number of rotatable bonds is 4. The second kappa shape index (κ2) is 5.25. The van der Waals surface area contributed by atoms with Gasteiger partial charge in [-0.3, -0.25) is 0 Å². The first kappa shape index (κ1) is 10.5. The molecule has 1 aromatic rings. The van der Waals surface area contributed by atoms with Gasteiger partial charge in [-0.25, -0.2) is 0 Å². The Morgan fingerprint density at radius 3 is 2.62 bits per heavy atom. The van der Waals surface area contributed by atoms with Gasteiger partial charge in [-0.05, 0) is 52.9 Å². The molecular formula is C10H13BrO2. The van der Waals surface area contributed by atoms with Gasteiger partial charge in [0.15, 0.2) is 0 Å². The molecule has 0 saturated carbocycles. The third-order valence-electron chi connectivity index (χ3n) is 1.89. The fourth-order valence-electron chi connectivity index (χ4n) is 1.15. The lowest BCUT2D eigenvalue weighted by Crippen LogP contribution is -1.88. The van der Waals surface area contributed by atoms with Crippen LogP contribution in [0.5, 0.6) is 5.75 Å². The van der Waals surface area contributed by atoms with Crippen LogP contribution in [0.25, 0.3) is 0 Å². The minimum Gasteiger partial charge on any atom is -0.507 e. The molecule has 0 atom stereocenters. The first-order valence-electron chi connectivity index (χ1n) is 4.32. The topological polar surface area (TPSA) is 40.5 Å². The summed E-state index contributed by atoms with van der Waals surface area (Å²) in [6.07, 6.45) is 2.76. The first-order chi connectivity index (χ1) is 6.24. The summed E-state index contributed by atoms with van der Waals surface area (Å²) in [5.41, 5.74) is 1.18. The third kappa shape index (κ3) is 3.36. The van der Waals surface area contributed by atoms with Crippen LogP contribution < -0.4 is 0 Å². The van der Waals surface area contributed by atoms with Crippen LogP contribution in [-0.4, -0.2) is 16.8 Å². The van der Waals surface area contributed by atoms with E-state index in [-0.39, 0.29) is 12.4 Å². The van der Waals surface area contributed by atoms with Crippen LogP contribution >= 0.6 is 15.9 Å². The highest BCUT2D eigenvalue weighted by Gasteiger charge is 1.98. The normalized spacial score (nSPS) is 10.3. The monoisotopic (exact) mass is 244 g/mol. The number of halogens is 1. The number of phenolic OH excluding ortho intramolecular Hbond substituents is 1. The van der Waals surface area contributed by atoms with Crippen LogP contribution in [-0.2, 0) is 6.42 Å². The Morgan fingerprint density at radius 2 is 2.00 bits per heavy atom. The van der Waals surface area contributed by atoms with Crippen molar-refractivity contribution in [1.29, 1.82) is 0 Å². The third-order valence-corrected chi connectivity index (χ3v) is 2.52. The highest BCUT2D eigenvalue weighted by molar-refractivity contribution is 9.10. The number of aromatic hydroxyl groups is 1. The van der Waals surface area contributed by atoms with Crippen LogP contribution in [0, 0.1) is 0 Å². The fraction of sp³-hybridized carbons (Fsp3) is 0.400. The van der Waals surface area contributed by atoms with Crippen LogP contribution in [0.4, 0.5) is 0 Å². The summed E-state index contributed by atoms with van der Waals surface area (Å²) >= 11 is 3.26. The summed E-state index contributed by atoms with van der Waals surface area (Å²) in [4.78, 5) is 0. The van der Waals surface area contributed by atoms with Gasteiger partial charge in [0.1, 0.15) is 5.75 Å². The molecule has 1 aromatic carbocycles. The van der Waals surface area contributed by atoms with E-state index < -0.39 is 0 Å². The Labute approximate surface area is 86.3 Å². The predicted molar refractivity (Wildman–Crippen MR) is 55.8 cm³/mol. The van der Waals surface area contributed by atoms with Gasteiger partial charge in [-0.2, -0.15) is 0 Å². The van der Waals surface area contributed by atoms with Crippen LogP contribution in [0.2, 0.25) is 0 Å². The van der Waals surface area contributed by atoms with Gasteiger partial charge in [0.05, 0.1) is 4.47 Å². The number of aryl methyl sites for hydroxylation is 1. The van der Waals surface area contributed by atoms with E-state index in [9.17, 15) is 5.11 Å². The van der Waals surface area contributed by atoms with E-state index in [1.54, 1.807) is 6.07 Å². The molecule has 0 radical (unpaired) electrons. The van der Waals surface area contributed by atoms with Gasteiger partial charge in [0, 0.05) is 6.61 Å². The van der Waals surface area contributed by atoms with E-state index in [2.05, 4.69) is 15.9 Å². The fourth-order valence-corrected chi connectivity index (χ4v) is 1.57. The Hall–Kier alpha value is -0.540. The summed E-state index contributed by atoms with van der Waals surface area (Å²) < 4.78 is 0.731. The van der Waals surface area contributed by atoms with Crippen molar-refractivity contribution in [2.24, 2.45) is 0 Å². The molecule has 0 heterocycles. The molecule has 0 spiro atoms. The van der Waals surface area contributed by atoms with Crippen molar-refractivity contribution >= 4 is 15.9 Å². The maximum atomic E-state index is 9.23. The smallest absolute Gasteiger partial charge is 0.129 e. The minimum absolute atomic E-state index is 0.249. The van der Waals surface area contributed by atoms with Crippen molar-refractivity contribution in [2.75, 3.05) is 6.61 Å². The van der Waals surface area contributed by atoms with E-state index >= 15 is 0 Å². The average Bonchev–Trinajstić information content (AvgIpc) is 2.12. The molecule has 3 heteroatoms. The number of phenols is 1. The average molecular weight is 245 g/mol. The molecule has 0 aliphatic rings. The molecule has 13 heavy (non-hydrogen) atoms. The van der Waals surface area contributed by atoms with Gasteiger partial charge in [-0.15, -0.1) is 0 Å². The van der Waals surface area contributed by atoms with Crippen LogP contribution in [0.15, 0.2) is 22.7 Å². The molecule has 2 nitrogen and oxygen atoms in total. The van der Waals surface area contributed by atoms with Crippen LogP contribution in [0.1, 0.15) is 18.4 Å². The summed E-state index contributed by atoms with van der Waals surface area (Å²) in [5, 5.41) is 17.8. The number of hydrogen-bond acceptors (Lipinski definition) is 2. The highest BCUT2D eigenvalue weighted by atomic mass is 79.9. The van der Waals surface area contributed by atoms with Crippen molar-refractivity contribution in [3.8, 4) is 5.75 Å². The second-order valence-electron chi connectivity index (χ2n) is 2.97. The van der Waals surface area contributed by atoms with Crippen molar-refractivity contribution in [1.82, 2.24) is 0 Å². The number of benzene rings is 1. The molecule has 0 aliphatic heterocycles. The van der Waals surface area contributed by atoms with E-state index in [1.807, 2.05) is 12.1 Å². The molecule has 0 unspecified atom stereocenters. The number of hydrogen-bond donors (Lipinski definition) is 2. The minimum atomic E-state index is 0.249. The largest absolute Gasteiger partial charge is 0.507 e. The van der Waals surface area contributed by atoms with Crippen molar-refractivity contribution in [2.45, 2.75) is 19.3 Å². The molecule has 2 N–H and O–H groups in total. The van der Waals surface area contributed by atoms with Crippen molar-refractivity contribution < 1.29 is 10.2 Å². The Kier molecular flexibility index (Phi) is 4.25. The number of aliphatic hydroxyl groups is 1. The summed E-state index contributed by atoms with van der Waals surface area (Å²) in [5.74, 6) is 0.269. The lowest BCUT2D eigenvalue weighted by atomic mass is 10.1.